The Balaban J connectivity index is 1.76. The van der Waals surface area contributed by atoms with Gasteiger partial charge in [0.05, 0.1) is 16.0 Å². The van der Waals surface area contributed by atoms with Crippen LogP contribution in [-0.2, 0) is 0 Å². The van der Waals surface area contributed by atoms with E-state index in [4.69, 9.17) is 0 Å². The van der Waals surface area contributed by atoms with Gasteiger partial charge in [-0.25, -0.2) is 5.43 Å². The van der Waals surface area contributed by atoms with Gasteiger partial charge >= 0.3 is 0 Å². The molecule has 1 N–H and O–H groups in total. The summed E-state index contributed by atoms with van der Waals surface area (Å²) in [6, 6.07) is 13.9. The van der Waals surface area contributed by atoms with Crippen molar-refractivity contribution in [3.8, 4) is 0 Å². The number of amides is 1. The summed E-state index contributed by atoms with van der Waals surface area (Å²) in [5.74, 6) is -0.344. The first-order chi connectivity index (χ1) is 11.5. The Morgan fingerprint density at radius 1 is 1.25 bits per heavy atom. The molecule has 24 heavy (non-hydrogen) atoms. The smallest absolute Gasteiger partial charge is 0.266 e. The number of carbonyl (C=O) groups excluding carboxylic acids is 1. The lowest BCUT2D eigenvalue weighted by Crippen LogP contribution is -2.16. The molecule has 1 amide bonds. The van der Waals surface area contributed by atoms with Crippen LogP contribution >= 0.6 is 11.3 Å². The summed E-state index contributed by atoms with van der Waals surface area (Å²) in [4.78, 5) is 23.0. The molecule has 0 aliphatic rings. The van der Waals surface area contributed by atoms with Gasteiger partial charge in [0.2, 0.25) is 0 Å². The number of non-ortho nitro benzene ring substituents is 1. The van der Waals surface area contributed by atoms with E-state index in [-0.39, 0.29) is 11.6 Å². The highest BCUT2D eigenvalue weighted by Gasteiger charge is 2.12. The molecule has 6 nitrogen and oxygen atoms in total. The molecule has 1 heterocycles. The highest BCUT2D eigenvalue weighted by atomic mass is 32.1. The van der Waals surface area contributed by atoms with Crippen molar-refractivity contribution in [1.82, 2.24) is 5.43 Å². The first-order valence-electron chi connectivity index (χ1n) is 7.11. The van der Waals surface area contributed by atoms with E-state index >= 15 is 0 Å². The van der Waals surface area contributed by atoms with Gasteiger partial charge in [-0.3, -0.25) is 14.9 Å². The number of hydrogen-bond acceptors (Lipinski definition) is 5. The van der Waals surface area contributed by atoms with Crippen LogP contribution in [0.4, 0.5) is 5.69 Å². The van der Waals surface area contributed by atoms with Gasteiger partial charge in [0.25, 0.3) is 11.6 Å². The second-order valence-electron chi connectivity index (χ2n) is 5.15. The quantitative estimate of drug-likeness (QED) is 0.445. The number of rotatable bonds is 4. The zero-order chi connectivity index (χ0) is 17.1. The number of thiophene rings is 1. The Bertz CT molecular complexity index is 963. The summed E-state index contributed by atoms with van der Waals surface area (Å²) in [6.45, 7) is 1.96. The largest absolute Gasteiger partial charge is 0.281 e. The highest BCUT2D eigenvalue weighted by molar-refractivity contribution is 7.20. The van der Waals surface area contributed by atoms with Crippen molar-refractivity contribution in [1.29, 1.82) is 0 Å². The van der Waals surface area contributed by atoms with Crippen molar-refractivity contribution in [3.05, 3.63) is 74.6 Å². The molecule has 0 bridgehead atoms. The average molecular weight is 339 g/mol. The SMILES string of the molecule is Cc1ccccc1C=NNC(=O)c1cc2cc([N+](=O)[O-])ccc2s1. The summed E-state index contributed by atoms with van der Waals surface area (Å²) in [5, 5.41) is 15.4. The first-order valence-corrected chi connectivity index (χ1v) is 7.93. The number of aryl methyl sites for hydroxylation is 1. The maximum atomic E-state index is 12.2. The molecule has 0 saturated carbocycles. The Hall–Kier alpha value is -3.06. The molecule has 0 radical (unpaired) electrons. The van der Waals surface area contributed by atoms with E-state index in [0.29, 0.717) is 10.3 Å². The van der Waals surface area contributed by atoms with Crippen LogP contribution in [0.15, 0.2) is 53.6 Å². The topological polar surface area (TPSA) is 84.6 Å². The monoisotopic (exact) mass is 339 g/mol. The van der Waals surface area contributed by atoms with Crippen LogP contribution in [0.5, 0.6) is 0 Å². The number of benzene rings is 2. The predicted octanol–water partition coefficient (Wildman–Crippen LogP) is 3.88. The van der Waals surface area contributed by atoms with Gasteiger partial charge in [-0.05, 0) is 30.2 Å². The minimum atomic E-state index is -0.455. The number of nitro groups is 1. The van der Waals surface area contributed by atoms with Crippen molar-refractivity contribution in [3.63, 3.8) is 0 Å². The molecule has 1 aromatic heterocycles. The molecule has 7 heteroatoms. The van der Waals surface area contributed by atoms with E-state index in [2.05, 4.69) is 10.5 Å². The van der Waals surface area contributed by atoms with Crippen molar-refractivity contribution in [2.75, 3.05) is 0 Å². The molecule has 3 aromatic rings. The van der Waals surface area contributed by atoms with Crippen molar-refractivity contribution < 1.29 is 9.72 Å². The van der Waals surface area contributed by atoms with Crippen LogP contribution < -0.4 is 5.43 Å². The van der Waals surface area contributed by atoms with Crippen molar-refractivity contribution >= 4 is 39.2 Å². The van der Waals surface area contributed by atoms with Crippen LogP contribution in [-0.4, -0.2) is 17.0 Å². The maximum absolute atomic E-state index is 12.2. The number of nitrogens with one attached hydrogen (secondary N) is 1. The van der Waals surface area contributed by atoms with E-state index in [1.54, 1.807) is 18.3 Å². The normalized spacial score (nSPS) is 11.0. The fourth-order valence-electron chi connectivity index (χ4n) is 2.20. The molecule has 0 aliphatic carbocycles. The second kappa shape index (κ2) is 6.59. The zero-order valence-electron chi connectivity index (χ0n) is 12.7. The molecule has 0 spiro atoms. The van der Waals surface area contributed by atoms with Crippen LogP contribution in [0, 0.1) is 17.0 Å². The fraction of sp³-hybridized carbons (Fsp3) is 0.0588. The molecule has 120 valence electrons. The van der Waals surface area contributed by atoms with Gasteiger partial charge in [-0.2, -0.15) is 5.10 Å². The van der Waals surface area contributed by atoms with Gasteiger partial charge in [-0.1, -0.05) is 24.3 Å². The standard InChI is InChI=1S/C17H13N3O3S/c1-11-4-2-3-5-12(11)10-18-19-17(21)16-9-13-8-14(20(22)23)6-7-15(13)24-16/h2-10H,1H3,(H,19,21). The van der Waals surface area contributed by atoms with Gasteiger partial charge in [0.1, 0.15) is 0 Å². The third kappa shape index (κ3) is 3.31. The molecule has 0 aliphatic heterocycles. The summed E-state index contributed by atoms with van der Waals surface area (Å²) < 4.78 is 0.814. The Labute approximate surface area is 141 Å². The number of nitro benzene ring substituents is 1. The van der Waals surface area contributed by atoms with Crippen molar-refractivity contribution in [2.24, 2.45) is 5.10 Å². The highest BCUT2D eigenvalue weighted by Crippen LogP contribution is 2.28. The van der Waals surface area contributed by atoms with E-state index in [0.717, 1.165) is 15.8 Å². The number of nitrogens with zero attached hydrogens (tertiary/aromatic N) is 2. The minimum absolute atomic E-state index is 0.00447. The van der Waals surface area contributed by atoms with E-state index in [9.17, 15) is 14.9 Å². The number of carbonyl (C=O) groups is 1. The molecular weight excluding hydrogens is 326 g/mol. The van der Waals surface area contributed by atoms with Gasteiger partial charge in [0, 0.05) is 22.2 Å². The van der Waals surface area contributed by atoms with E-state index < -0.39 is 4.92 Å². The Kier molecular flexibility index (Phi) is 4.35. The second-order valence-corrected chi connectivity index (χ2v) is 6.23. The summed E-state index contributed by atoms with van der Waals surface area (Å²) in [7, 11) is 0. The molecule has 0 fully saturated rings. The summed E-state index contributed by atoms with van der Waals surface area (Å²) >= 11 is 1.27. The fourth-order valence-corrected chi connectivity index (χ4v) is 3.14. The lowest BCUT2D eigenvalue weighted by atomic mass is 10.1. The molecule has 3 rings (SSSR count). The lowest BCUT2D eigenvalue weighted by molar-refractivity contribution is -0.384. The van der Waals surface area contributed by atoms with Gasteiger partial charge < -0.3 is 0 Å². The predicted molar refractivity (Wildman–Crippen MR) is 94.7 cm³/mol. The number of fused-ring (bicyclic) bond motifs is 1. The molecule has 0 unspecified atom stereocenters. The van der Waals surface area contributed by atoms with E-state index in [1.807, 2.05) is 31.2 Å². The number of hydrogen-bond donors (Lipinski definition) is 1. The average Bonchev–Trinajstić information content (AvgIpc) is 2.99. The lowest BCUT2D eigenvalue weighted by Gasteiger charge is -1.98. The maximum Gasteiger partial charge on any atom is 0.281 e. The molecule has 2 aromatic carbocycles. The Morgan fingerprint density at radius 2 is 2.04 bits per heavy atom. The van der Waals surface area contributed by atoms with Crippen molar-refractivity contribution in [2.45, 2.75) is 6.92 Å². The third-order valence-electron chi connectivity index (χ3n) is 3.49. The van der Waals surface area contributed by atoms with E-state index in [1.165, 1.54) is 23.5 Å². The Morgan fingerprint density at radius 3 is 2.79 bits per heavy atom. The molecular formula is C17H13N3O3S. The first kappa shape index (κ1) is 15.8. The molecule has 0 atom stereocenters. The third-order valence-corrected chi connectivity index (χ3v) is 4.61. The van der Waals surface area contributed by atoms with Crippen LogP contribution in [0.3, 0.4) is 0 Å². The van der Waals surface area contributed by atoms with Gasteiger partial charge in [0.15, 0.2) is 0 Å². The molecule has 0 saturated heterocycles. The van der Waals surface area contributed by atoms with Crippen LogP contribution in [0.25, 0.3) is 10.1 Å². The minimum Gasteiger partial charge on any atom is -0.266 e. The van der Waals surface area contributed by atoms with Crippen LogP contribution in [0.1, 0.15) is 20.8 Å². The summed E-state index contributed by atoms with van der Waals surface area (Å²) in [5.41, 5.74) is 4.47. The van der Waals surface area contributed by atoms with Crippen LogP contribution in [0.2, 0.25) is 0 Å². The zero-order valence-corrected chi connectivity index (χ0v) is 13.5. The van der Waals surface area contributed by atoms with Gasteiger partial charge in [-0.15, -0.1) is 11.3 Å². The number of hydrazone groups is 1. The summed E-state index contributed by atoms with van der Waals surface area (Å²) in [6.07, 6.45) is 1.59.